The highest BCUT2D eigenvalue weighted by atomic mass is 79.9. The highest BCUT2D eigenvalue weighted by molar-refractivity contribution is 9.10. The van der Waals surface area contributed by atoms with E-state index in [0.717, 1.165) is 30.4 Å². The van der Waals surface area contributed by atoms with Gasteiger partial charge in [0.25, 0.3) is 5.91 Å². The smallest absolute Gasteiger partial charge is 0.293 e. The van der Waals surface area contributed by atoms with Gasteiger partial charge in [-0.15, -0.1) is 0 Å². The van der Waals surface area contributed by atoms with Crippen LogP contribution in [0.25, 0.3) is 0 Å². The van der Waals surface area contributed by atoms with E-state index < -0.39 is 5.91 Å². The predicted octanol–water partition coefficient (Wildman–Crippen LogP) is 5.52. The topological polar surface area (TPSA) is 63.5 Å². The van der Waals surface area contributed by atoms with E-state index in [9.17, 15) is 4.79 Å². The van der Waals surface area contributed by atoms with Crippen LogP contribution in [-0.4, -0.2) is 17.6 Å². The maximum Gasteiger partial charge on any atom is 0.293 e. The lowest BCUT2D eigenvalue weighted by atomic mass is 9.87. The van der Waals surface area contributed by atoms with Crippen molar-refractivity contribution in [2.45, 2.75) is 38.5 Å². The first-order valence-corrected chi connectivity index (χ1v) is 10.4. The maximum atomic E-state index is 12.0. The van der Waals surface area contributed by atoms with Crippen LogP contribution < -0.4 is 15.4 Å². The van der Waals surface area contributed by atoms with Gasteiger partial charge in [0.05, 0.1) is 6.61 Å². The number of furan rings is 1. The molecule has 1 amide bonds. The lowest BCUT2D eigenvalue weighted by Crippen LogP contribution is -2.33. The molecule has 27 heavy (non-hydrogen) atoms. The highest BCUT2D eigenvalue weighted by Crippen LogP contribution is 2.26. The minimum atomic E-state index is -0.402. The SMILES string of the molecule is O=C(NC(=S)Nc1ccc(OCCC2CCCCC2)cc1)c1ccc(Br)o1. The number of hydrogen-bond donors (Lipinski definition) is 2. The minimum Gasteiger partial charge on any atom is -0.494 e. The summed E-state index contributed by atoms with van der Waals surface area (Å²) in [6.07, 6.45) is 7.90. The van der Waals surface area contributed by atoms with E-state index >= 15 is 0 Å². The summed E-state index contributed by atoms with van der Waals surface area (Å²) in [5.74, 6) is 1.44. The summed E-state index contributed by atoms with van der Waals surface area (Å²) in [6.45, 7) is 0.755. The number of anilines is 1. The Labute approximate surface area is 173 Å². The Morgan fingerprint density at radius 2 is 1.89 bits per heavy atom. The zero-order chi connectivity index (χ0) is 19.1. The first kappa shape index (κ1) is 19.9. The monoisotopic (exact) mass is 450 g/mol. The van der Waals surface area contributed by atoms with E-state index in [2.05, 4.69) is 26.6 Å². The van der Waals surface area contributed by atoms with Gasteiger partial charge >= 0.3 is 0 Å². The first-order chi connectivity index (χ1) is 13.1. The molecule has 0 bridgehead atoms. The third kappa shape index (κ3) is 6.36. The zero-order valence-electron chi connectivity index (χ0n) is 15.0. The van der Waals surface area contributed by atoms with Gasteiger partial charge in [-0.2, -0.15) is 0 Å². The van der Waals surface area contributed by atoms with Crippen LogP contribution in [0, 0.1) is 5.92 Å². The number of nitrogens with one attached hydrogen (secondary N) is 2. The molecule has 1 fully saturated rings. The van der Waals surface area contributed by atoms with Crippen molar-refractivity contribution < 1.29 is 13.9 Å². The van der Waals surface area contributed by atoms with Gasteiger partial charge in [-0.05, 0) is 76.9 Å². The van der Waals surface area contributed by atoms with E-state index in [1.165, 1.54) is 32.1 Å². The lowest BCUT2D eigenvalue weighted by molar-refractivity contribution is 0.0949. The molecule has 2 N–H and O–H groups in total. The summed E-state index contributed by atoms with van der Waals surface area (Å²) in [5, 5.41) is 5.76. The number of benzene rings is 1. The lowest BCUT2D eigenvalue weighted by Gasteiger charge is -2.21. The molecule has 0 saturated heterocycles. The molecular weight excluding hydrogens is 428 g/mol. The Balaban J connectivity index is 1.41. The standard InChI is InChI=1S/C20H23BrN2O3S/c21-18-11-10-17(26-18)19(24)23-20(27)22-15-6-8-16(9-7-15)25-13-12-14-4-2-1-3-5-14/h6-11,14H,1-5,12-13H2,(H2,22,23,24,27). The number of thiocarbonyl (C=S) groups is 1. The van der Waals surface area contributed by atoms with Crippen molar-refractivity contribution in [2.75, 3.05) is 11.9 Å². The Kier molecular flexibility index (Phi) is 7.29. The molecule has 0 aliphatic heterocycles. The van der Waals surface area contributed by atoms with Crippen LogP contribution in [0.2, 0.25) is 0 Å². The van der Waals surface area contributed by atoms with Crippen LogP contribution in [-0.2, 0) is 0 Å². The number of carbonyl (C=O) groups is 1. The van der Waals surface area contributed by atoms with E-state index in [1.807, 2.05) is 24.3 Å². The van der Waals surface area contributed by atoms with Gasteiger partial charge in [-0.3, -0.25) is 10.1 Å². The van der Waals surface area contributed by atoms with Gasteiger partial charge < -0.3 is 14.5 Å². The second kappa shape index (κ2) is 9.90. The molecule has 144 valence electrons. The number of carbonyl (C=O) groups excluding carboxylic acids is 1. The number of halogens is 1. The predicted molar refractivity (Wildman–Crippen MR) is 113 cm³/mol. The van der Waals surface area contributed by atoms with Crippen molar-refractivity contribution in [1.82, 2.24) is 5.32 Å². The third-order valence-corrected chi connectivity index (χ3v) is 5.29. The van der Waals surface area contributed by atoms with Crippen LogP contribution in [0.5, 0.6) is 5.75 Å². The molecule has 0 unspecified atom stereocenters. The summed E-state index contributed by atoms with van der Waals surface area (Å²) >= 11 is 8.33. The summed E-state index contributed by atoms with van der Waals surface area (Å²) in [5.41, 5.74) is 0.778. The summed E-state index contributed by atoms with van der Waals surface area (Å²) in [7, 11) is 0. The van der Waals surface area contributed by atoms with Gasteiger partial charge in [-0.25, -0.2) is 0 Å². The quantitative estimate of drug-likeness (QED) is 0.567. The van der Waals surface area contributed by atoms with Crippen LogP contribution in [0.3, 0.4) is 0 Å². The summed E-state index contributed by atoms with van der Waals surface area (Å²) < 4.78 is 11.5. The zero-order valence-corrected chi connectivity index (χ0v) is 17.4. The Morgan fingerprint density at radius 1 is 1.15 bits per heavy atom. The molecule has 0 radical (unpaired) electrons. The van der Waals surface area contributed by atoms with Gasteiger partial charge in [0.1, 0.15) is 5.75 Å². The molecule has 5 nitrogen and oxygen atoms in total. The molecule has 1 aromatic carbocycles. The van der Waals surface area contributed by atoms with Crippen LogP contribution >= 0.6 is 28.1 Å². The fourth-order valence-electron chi connectivity index (χ4n) is 3.22. The van der Waals surface area contributed by atoms with E-state index in [0.29, 0.717) is 4.67 Å². The fraction of sp³-hybridized carbons (Fsp3) is 0.400. The molecule has 1 aromatic heterocycles. The number of ether oxygens (including phenoxy) is 1. The molecule has 0 atom stereocenters. The average Bonchev–Trinajstić information content (AvgIpc) is 3.10. The Bertz CT molecular complexity index is 770. The number of amides is 1. The first-order valence-electron chi connectivity index (χ1n) is 9.21. The fourth-order valence-corrected chi connectivity index (χ4v) is 3.73. The average molecular weight is 451 g/mol. The molecule has 1 aliphatic rings. The van der Waals surface area contributed by atoms with Crippen LogP contribution in [0.1, 0.15) is 49.1 Å². The molecular formula is C20H23BrN2O3S. The second-order valence-electron chi connectivity index (χ2n) is 6.68. The second-order valence-corrected chi connectivity index (χ2v) is 7.87. The van der Waals surface area contributed by atoms with Crippen molar-refractivity contribution in [3.05, 3.63) is 46.8 Å². The molecule has 7 heteroatoms. The largest absolute Gasteiger partial charge is 0.494 e. The van der Waals surface area contributed by atoms with Crippen molar-refractivity contribution in [3.63, 3.8) is 0 Å². The van der Waals surface area contributed by atoms with Gasteiger partial charge in [0.15, 0.2) is 15.5 Å². The Morgan fingerprint density at radius 3 is 2.56 bits per heavy atom. The van der Waals surface area contributed by atoms with Crippen molar-refractivity contribution in [3.8, 4) is 5.75 Å². The molecule has 3 rings (SSSR count). The van der Waals surface area contributed by atoms with Crippen LogP contribution in [0.15, 0.2) is 45.5 Å². The van der Waals surface area contributed by atoms with E-state index in [-0.39, 0.29) is 10.9 Å². The minimum absolute atomic E-state index is 0.188. The normalized spacial score (nSPS) is 14.6. The van der Waals surface area contributed by atoms with E-state index in [4.69, 9.17) is 21.4 Å². The molecule has 1 heterocycles. The summed E-state index contributed by atoms with van der Waals surface area (Å²) in [4.78, 5) is 12.0. The van der Waals surface area contributed by atoms with Crippen molar-refractivity contribution in [2.24, 2.45) is 5.92 Å². The maximum absolute atomic E-state index is 12.0. The van der Waals surface area contributed by atoms with Gasteiger partial charge in [0.2, 0.25) is 0 Å². The van der Waals surface area contributed by atoms with Gasteiger partial charge in [0, 0.05) is 5.69 Å². The van der Waals surface area contributed by atoms with E-state index in [1.54, 1.807) is 12.1 Å². The molecule has 1 aliphatic carbocycles. The van der Waals surface area contributed by atoms with Crippen LogP contribution in [0.4, 0.5) is 5.69 Å². The number of rotatable bonds is 6. The molecule has 0 spiro atoms. The summed E-state index contributed by atoms with van der Waals surface area (Å²) in [6, 6.07) is 10.8. The Hall–Kier alpha value is -1.86. The number of hydrogen-bond acceptors (Lipinski definition) is 4. The van der Waals surface area contributed by atoms with Crippen molar-refractivity contribution >= 4 is 44.9 Å². The molecule has 1 saturated carbocycles. The third-order valence-electron chi connectivity index (χ3n) is 4.66. The molecule has 2 aromatic rings. The van der Waals surface area contributed by atoms with Crippen molar-refractivity contribution in [1.29, 1.82) is 0 Å². The highest BCUT2D eigenvalue weighted by Gasteiger charge is 2.14. The van der Waals surface area contributed by atoms with Gasteiger partial charge in [-0.1, -0.05) is 32.1 Å².